The molecule has 108 valence electrons. The number of aliphatic hydroxyl groups is 1. The molecule has 0 saturated heterocycles. The summed E-state index contributed by atoms with van der Waals surface area (Å²) in [7, 11) is 1.79. The lowest BCUT2D eigenvalue weighted by Gasteiger charge is -2.13. The second-order valence-electron chi connectivity index (χ2n) is 4.65. The fourth-order valence-electron chi connectivity index (χ4n) is 2.15. The van der Waals surface area contributed by atoms with Crippen molar-refractivity contribution in [2.24, 2.45) is 7.05 Å². The van der Waals surface area contributed by atoms with Crippen LogP contribution in [0.2, 0.25) is 0 Å². The van der Waals surface area contributed by atoms with Crippen molar-refractivity contribution in [2.75, 3.05) is 11.9 Å². The first-order valence-corrected chi connectivity index (χ1v) is 6.46. The first-order chi connectivity index (χ1) is 10.2. The number of aliphatic hydroxyl groups excluding tert-OH is 1. The van der Waals surface area contributed by atoms with Gasteiger partial charge < -0.3 is 10.4 Å². The molecule has 0 unspecified atom stereocenters. The van der Waals surface area contributed by atoms with Gasteiger partial charge in [0.05, 0.1) is 17.7 Å². The molecule has 1 atom stereocenters. The van der Waals surface area contributed by atoms with E-state index in [2.05, 4.69) is 20.4 Å². The maximum atomic E-state index is 13.6. The number of hydrogen-bond donors (Lipinski definition) is 2. The maximum absolute atomic E-state index is 13.6. The van der Waals surface area contributed by atoms with Crippen molar-refractivity contribution in [3.05, 3.63) is 48.2 Å². The Hall–Kier alpha value is -2.54. The molecule has 0 fully saturated rings. The maximum Gasteiger partial charge on any atom is 0.163 e. The topological polar surface area (TPSA) is 75.9 Å². The average Bonchev–Trinajstić information content (AvgIpc) is 2.87. The molecule has 2 N–H and O–H groups in total. The Morgan fingerprint density at radius 2 is 2.14 bits per heavy atom. The van der Waals surface area contributed by atoms with Crippen molar-refractivity contribution in [1.82, 2.24) is 19.7 Å². The molecule has 6 nitrogen and oxygen atoms in total. The Labute approximate surface area is 120 Å². The van der Waals surface area contributed by atoms with E-state index in [0.717, 1.165) is 5.39 Å². The van der Waals surface area contributed by atoms with E-state index in [0.29, 0.717) is 11.5 Å². The van der Waals surface area contributed by atoms with Crippen LogP contribution in [0.5, 0.6) is 0 Å². The molecule has 0 bridgehead atoms. The van der Waals surface area contributed by atoms with Crippen molar-refractivity contribution >= 4 is 16.9 Å². The molecule has 3 rings (SSSR count). The zero-order chi connectivity index (χ0) is 14.8. The molecule has 2 heterocycles. The minimum atomic E-state index is -0.965. The van der Waals surface area contributed by atoms with E-state index in [4.69, 9.17) is 0 Å². The van der Waals surface area contributed by atoms with Gasteiger partial charge in [0.25, 0.3) is 0 Å². The summed E-state index contributed by atoms with van der Waals surface area (Å²) in [5.41, 5.74) is 0.939. The van der Waals surface area contributed by atoms with Gasteiger partial charge in [-0.2, -0.15) is 5.10 Å². The number of halogens is 1. The lowest BCUT2D eigenvalue weighted by molar-refractivity contribution is 0.186. The van der Waals surface area contributed by atoms with E-state index in [9.17, 15) is 9.50 Å². The fourth-order valence-corrected chi connectivity index (χ4v) is 2.15. The van der Waals surface area contributed by atoms with E-state index < -0.39 is 11.9 Å². The molecule has 0 aliphatic heterocycles. The third kappa shape index (κ3) is 2.55. The summed E-state index contributed by atoms with van der Waals surface area (Å²) in [5.74, 6) is 0.129. The smallest absolute Gasteiger partial charge is 0.163 e. The average molecular weight is 287 g/mol. The number of aryl methyl sites for hydroxylation is 1. The van der Waals surface area contributed by atoms with E-state index in [1.165, 1.54) is 12.4 Å². The van der Waals surface area contributed by atoms with Crippen molar-refractivity contribution in [3.8, 4) is 0 Å². The third-order valence-electron chi connectivity index (χ3n) is 3.26. The van der Waals surface area contributed by atoms with Crippen LogP contribution in [0, 0.1) is 5.82 Å². The zero-order valence-corrected chi connectivity index (χ0v) is 11.4. The highest BCUT2D eigenvalue weighted by atomic mass is 19.1. The van der Waals surface area contributed by atoms with Gasteiger partial charge in [0.1, 0.15) is 18.0 Å². The Kier molecular flexibility index (Phi) is 3.49. The minimum Gasteiger partial charge on any atom is -0.386 e. The highest BCUT2D eigenvalue weighted by molar-refractivity contribution is 5.85. The van der Waals surface area contributed by atoms with Gasteiger partial charge in [-0.1, -0.05) is 18.2 Å². The number of hydrogen-bond acceptors (Lipinski definition) is 5. The molecule has 21 heavy (non-hydrogen) atoms. The zero-order valence-electron chi connectivity index (χ0n) is 11.4. The molecular formula is C14H14FN5O. The second kappa shape index (κ2) is 5.45. The molecule has 0 spiro atoms. The second-order valence-corrected chi connectivity index (χ2v) is 4.65. The van der Waals surface area contributed by atoms with Gasteiger partial charge in [0.2, 0.25) is 0 Å². The van der Waals surface area contributed by atoms with Crippen molar-refractivity contribution < 1.29 is 9.50 Å². The number of anilines is 1. The molecule has 0 saturated carbocycles. The number of nitrogens with one attached hydrogen (secondary N) is 1. The van der Waals surface area contributed by atoms with Gasteiger partial charge in [-0.05, 0) is 6.07 Å². The summed E-state index contributed by atoms with van der Waals surface area (Å²) >= 11 is 0. The summed E-state index contributed by atoms with van der Waals surface area (Å²) in [6.45, 7) is 0.141. The van der Waals surface area contributed by atoms with Gasteiger partial charge in [-0.25, -0.2) is 14.4 Å². The molecule has 3 aromatic rings. The number of aromatic nitrogens is 4. The molecule has 0 amide bonds. The lowest BCUT2D eigenvalue weighted by Crippen LogP contribution is -2.14. The predicted molar refractivity (Wildman–Crippen MR) is 76.2 cm³/mol. The van der Waals surface area contributed by atoms with Gasteiger partial charge in [0, 0.05) is 19.2 Å². The van der Waals surface area contributed by atoms with E-state index in [-0.39, 0.29) is 12.1 Å². The number of fused-ring (bicyclic) bond motifs is 1. The highest BCUT2D eigenvalue weighted by Crippen LogP contribution is 2.20. The van der Waals surface area contributed by atoms with Gasteiger partial charge >= 0.3 is 0 Å². The SMILES string of the molecule is Cn1ncc2c(NC[C@H](O)c3ccccc3F)ncnc21. The Bertz CT molecular complexity index is 773. The highest BCUT2D eigenvalue weighted by Gasteiger charge is 2.13. The predicted octanol–water partition coefficient (Wildman–Crippen LogP) is 1.65. The summed E-state index contributed by atoms with van der Waals surface area (Å²) in [6, 6.07) is 6.15. The van der Waals surface area contributed by atoms with Crippen molar-refractivity contribution in [3.63, 3.8) is 0 Å². The van der Waals surface area contributed by atoms with Gasteiger partial charge in [0.15, 0.2) is 5.65 Å². The molecule has 1 aromatic carbocycles. The first-order valence-electron chi connectivity index (χ1n) is 6.46. The van der Waals surface area contributed by atoms with Crippen LogP contribution >= 0.6 is 0 Å². The Balaban J connectivity index is 1.79. The van der Waals surface area contributed by atoms with Crippen LogP contribution < -0.4 is 5.32 Å². The first kappa shape index (κ1) is 13.4. The Morgan fingerprint density at radius 1 is 1.33 bits per heavy atom. The molecule has 0 radical (unpaired) electrons. The molecule has 2 aromatic heterocycles. The summed E-state index contributed by atoms with van der Waals surface area (Å²) in [4.78, 5) is 8.26. The van der Waals surface area contributed by atoms with Crippen LogP contribution in [-0.2, 0) is 7.05 Å². The monoisotopic (exact) mass is 287 g/mol. The fraction of sp³-hybridized carbons (Fsp3) is 0.214. The largest absolute Gasteiger partial charge is 0.386 e. The molecular weight excluding hydrogens is 273 g/mol. The standard InChI is InChI=1S/C14H14FN5O/c1-20-14-10(6-19-20)13(17-8-18-14)16-7-12(21)9-4-2-3-5-11(9)15/h2-6,8,12,21H,7H2,1H3,(H,16,17,18)/t12-/m0/s1. The minimum absolute atomic E-state index is 0.141. The van der Waals surface area contributed by atoms with Crippen LogP contribution in [0.1, 0.15) is 11.7 Å². The van der Waals surface area contributed by atoms with Crippen molar-refractivity contribution in [1.29, 1.82) is 0 Å². The van der Waals surface area contributed by atoms with Crippen LogP contribution in [0.15, 0.2) is 36.8 Å². The molecule has 0 aliphatic carbocycles. The number of rotatable bonds is 4. The van der Waals surface area contributed by atoms with Crippen LogP contribution in [0.4, 0.5) is 10.2 Å². The Morgan fingerprint density at radius 3 is 2.95 bits per heavy atom. The van der Waals surface area contributed by atoms with E-state index in [1.54, 1.807) is 36.1 Å². The summed E-state index contributed by atoms with van der Waals surface area (Å²) in [5, 5.41) is 17.9. The van der Waals surface area contributed by atoms with Gasteiger partial charge in [-0.3, -0.25) is 4.68 Å². The number of benzene rings is 1. The van der Waals surface area contributed by atoms with Crippen LogP contribution in [0.25, 0.3) is 11.0 Å². The quantitative estimate of drug-likeness (QED) is 0.763. The molecule has 0 aliphatic rings. The van der Waals surface area contributed by atoms with Crippen LogP contribution in [0.3, 0.4) is 0 Å². The molecule has 7 heteroatoms. The van der Waals surface area contributed by atoms with E-state index in [1.807, 2.05) is 0 Å². The summed E-state index contributed by atoms with van der Waals surface area (Å²) in [6.07, 6.45) is 2.10. The number of nitrogens with zero attached hydrogens (tertiary/aromatic N) is 4. The van der Waals surface area contributed by atoms with Gasteiger partial charge in [-0.15, -0.1) is 0 Å². The lowest BCUT2D eigenvalue weighted by atomic mass is 10.1. The van der Waals surface area contributed by atoms with E-state index >= 15 is 0 Å². The third-order valence-corrected chi connectivity index (χ3v) is 3.26. The van der Waals surface area contributed by atoms with Crippen LogP contribution in [-0.4, -0.2) is 31.4 Å². The van der Waals surface area contributed by atoms with Crippen molar-refractivity contribution in [2.45, 2.75) is 6.10 Å². The normalized spacial score (nSPS) is 12.5. The summed E-state index contributed by atoms with van der Waals surface area (Å²) < 4.78 is 15.2.